The van der Waals surface area contributed by atoms with Crippen LogP contribution < -0.4 is 0 Å². The summed E-state index contributed by atoms with van der Waals surface area (Å²) in [5.41, 5.74) is 3.21. The average Bonchev–Trinajstić information content (AvgIpc) is 3.23. The second-order valence-electron chi connectivity index (χ2n) is 5.52. The second-order valence-corrected chi connectivity index (χ2v) is 6.37. The Balaban J connectivity index is 1.64. The van der Waals surface area contributed by atoms with Crippen LogP contribution in [0.25, 0.3) is 22.0 Å². The molecule has 5 heteroatoms. The van der Waals surface area contributed by atoms with E-state index in [9.17, 15) is 0 Å². The summed E-state index contributed by atoms with van der Waals surface area (Å²) in [5.74, 6) is 1.65. The number of nitrogens with zero attached hydrogens (tertiary/aromatic N) is 4. The first-order valence-electron chi connectivity index (χ1n) is 7.76. The fourth-order valence-corrected chi connectivity index (χ4v) is 3.43. The number of aryl methyl sites for hydroxylation is 1. The van der Waals surface area contributed by atoms with Gasteiger partial charge in [0.15, 0.2) is 5.82 Å². The van der Waals surface area contributed by atoms with Gasteiger partial charge in [0.05, 0.1) is 12.2 Å². The molecule has 4 aromatic rings. The van der Waals surface area contributed by atoms with Gasteiger partial charge in [-0.3, -0.25) is 0 Å². The van der Waals surface area contributed by atoms with E-state index < -0.39 is 0 Å². The lowest BCUT2D eigenvalue weighted by Gasteiger charge is -2.04. The summed E-state index contributed by atoms with van der Waals surface area (Å²) in [6.45, 7) is 2.54. The zero-order valence-electron chi connectivity index (χ0n) is 13.3. The van der Waals surface area contributed by atoms with Crippen LogP contribution in [0.1, 0.15) is 11.5 Å². The third-order valence-electron chi connectivity index (χ3n) is 3.69. The molecule has 0 N–H and O–H groups in total. The van der Waals surface area contributed by atoms with Crippen LogP contribution in [0, 0.1) is 6.92 Å². The molecule has 118 valence electrons. The first-order valence-corrected chi connectivity index (χ1v) is 8.64. The monoisotopic (exact) mass is 332 g/mol. The highest BCUT2D eigenvalue weighted by molar-refractivity contribution is 7.13. The molecule has 2 heterocycles. The zero-order chi connectivity index (χ0) is 16.4. The van der Waals surface area contributed by atoms with Gasteiger partial charge in [0.1, 0.15) is 10.8 Å². The summed E-state index contributed by atoms with van der Waals surface area (Å²) >= 11 is 1.66. The van der Waals surface area contributed by atoms with Gasteiger partial charge in [-0.2, -0.15) is 5.10 Å². The van der Waals surface area contributed by atoms with E-state index in [1.54, 1.807) is 11.3 Å². The minimum absolute atomic E-state index is 0.619. The van der Waals surface area contributed by atoms with Gasteiger partial charge in [-0.05, 0) is 6.92 Å². The van der Waals surface area contributed by atoms with E-state index in [1.807, 2.05) is 48.0 Å². The number of rotatable bonds is 4. The summed E-state index contributed by atoms with van der Waals surface area (Å²) in [7, 11) is 0. The minimum Gasteiger partial charge on any atom is -0.239 e. The average molecular weight is 332 g/mol. The second kappa shape index (κ2) is 6.37. The van der Waals surface area contributed by atoms with E-state index in [1.165, 1.54) is 0 Å². The normalized spacial score (nSPS) is 10.9. The van der Waals surface area contributed by atoms with Crippen LogP contribution in [-0.2, 0) is 6.54 Å². The number of hydrogen-bond donors (Lipinski definition) is 0. The Hall–Kier alpha value is -2.79. The first kappa shape index (κ1) is 14.8. The van der Waals surface area contributed by atoms with Crippen molar-refractivity contribution in [2.45, 2.75) is 13.5 Å². The molecular weight excluding hydrogens is 316 g/mol. The molecule has 0 bridgehead atoms. The molecule has 0 aliphatic rings. The maximum absolute atomic E-state index is 4.75. The number of thiazole rings is 1. The quantitative estimate of drug-likeness (QED) is 0.555. The Labute approximate surface area is 144 Å². The van der Waals surface area contributed by atoms with Gasteiger partial charge in [0.25, 0.3) is 0 Å². The van der Waals surface area contributed by atoms with Crippen LogP contribution in [-0.4, -0.2) is 19.7 Å². The molecule has 0 aliphatic carbocycles. The van der Waals surface area contributed by atoms with Gasteiger partial charge < -0.3 is 0 Å². The fourth-order valence-electron chi connectivity index (χ4n) is 2.61. The van der Waals surface area contributed by atoms with E-state index in [2.05, 4.69) is 39.7 Å². The molecule has 24 heavy (non-hydrogen) atoms. The van der Waals surface area contributed by atoms with Crippen LogP contribution in [0.2, 0.25) is 0 Å². The van der Waals surface area contributed by atoms with Crippen molar-refractivity contribution >= 4 is 11.3 Å². The summed E-state index contributed by atoms with van der Waals surface area (Å²) in [5, 5.41) is 7.66. The lowest BCUT2D eigenvalue weighted by Crippen LogP contribution is -2.04. The van der Waals surface area contributed by atoms with Crippen molar-refractivity contribution in [1.82, 2.24) is 19.7 Å². The summed E-state index contributed by atoms with van der Waals surface area (Å²) in [6, 6.07) is 20.4. The van der Waals surface area contributed by atoms with E-state index >= 15 is 0 Å². The molecule has 0 amide bonds. The van der Waals surface area contributed by atoms with Gasteiger partial charge in [-0.25, -0.2) is 14.6 Å². The van der Waals surface area contributed by atoms with Crippen LogP contribution in [0.3, 0.4) is 0 Å². The Kier molecular flexibility index (Phi) is 3.92. The highest BCUT2D eigenvalue weighted by Crippen LogP contribution is 2.24. The fraction of sp³-hybridized carbons (Fsp3) is 0.105. The molecule has 0 spiro atoms. The lowest BCUT2D eigenvalue weighted by molar-refractivity contribution is 0.676. The molecule has 0 saturated carbocycles. The largest absolute Gasteiger partial charge is 0.239 e. The van der Waals surface area contributed by atoms with Gasteiger partial charge in [0, 0.05) is 16.5 Å². The molecule has 0 aliphatic heterocycles. The standard InChI is InChI=1S/C19H16N4S/c1-14-20-18(15-8-4-2-5-9-15)23(22-14)12-17-13-24-19(21-17)16-10-6-3-7-11-16/h2-11,13H,12H2,1H3. The smallest absolute Gasteiger partial charge is 0.158 e. The zero-order valence-corrected chi connectivity index (χ0v) is 14.1. The van der Waals surface area contributed by atoms with Gasteiger partial charge in [0.2, 0.25) is 0 Å². The van der Waals surface area contributed by atoms with Gasteiger partial charge in [-0.1, -0.05) is 60.7 Å². The van der Waals surface area contributed by atoms with E-state index in [0.717, 1.165) is 33.5 Å². The molecule has 0 atom stereocenters. The van der Waals surface area contributed by atoms with Crippen molar-refractivity contribution in [2.24, 2.45) is 0 Å². The third-order valence-corrected chi connectivity index (χ3v) is 4.63. The first-order chi connectivity index (χ1) is 11.8. The van der Waals surface area contributed by atoms with Crippen molar-refractivity contribution in [2.75, 3.05) is 0 Å². The summed E-state index contributed by atoms with van der Waals surface area (Å²) < 4.78 is 1.93. The molecule has 2 aromatic heterocycles. The van der Waals surface area contributed by atoms with Gasteiger partial charge >= 0.3 is 0 Å². The molecule has 0 unspecified atom stereocenters. The Morgan fingerprint density at radius 1 is 0.875 bits per heavy atom. The molecule has 0 saturated heterocycles. The molecular formula is C19H16N4S. The molecule has 4 nitrogen and oxygen atoms in total. The van der Waals surface area contributed by atoms with E-state index in [-0.39, 0.29) is 0 Å². The number of benzene rings is 2. The molecule has 0 radical (unpaired) electrons. The predicted molar refractivity (Wildman–Crippen MR) is 96.8 cm³/mol. The minimum atomic E-state index is 0.619. The van der Waals surface area contributed by atoms with Crippen molar-refractivity contribution in [3.8, 4) is 22.0 Å². The van der Waals surface area contributed by atoms with E-state index in [4.69, 9.17) is 4.98 Å². The predicted octanol–water partition coefficient (Wildman–Crippen LogP) is 4.43. The van der Waals surface area contributed by atoms with Crippen molar-refractivity contribution in [1.29, 1.82) is 0 Å². The third kappa shape index (κ3) is 2.98. The summed E-state index contributed by atoms with van der Waals surface area (Å²) in [6.07, 6.45) is 0. The topological polar surface area (TPSA) is 43.6 Å². The highest BCUT2D eigenvalue weighted by Gasteiger charge is 2.12. The molecule has 0 fully saturated rings. The maximum Gasteiger partial charge on any atom is 0.158 e. The maximum atomic E-state index is 4.75. The van der Waals surface area contributed by atoms with Crippen molar-refractivity contribution in [3.05, 3.63) is 77.6 Å². The van der Waals surface area contributed by atoms with Gasteiger partial charge in [-0.15, -0.1) is 11.3 Å². The Morgan fingerprint density at radius 3 is 2.25 bits per heavy atom. The Bertz CT molecular complexity index is 942. The highest BCUT2D eigenvalue weighted by atomic mass is 32.1. The number of aromatic nitrogens is 4. The van der Waals surface area contributed by atoms with Crippen molar-refractivity contribution < 1.29 is 0 Å². The van der Waals surface area contributed by atoms with E-state index in [0.29, 0.717) is 6.54 Å². The van der Waals surface area contributed by atoms with Crippen LogP contribution in [0.4, 0.5) is 0 Å². The Morgan fingerprint density at radius 2 is 1.54 bits per heavy atom. The van der Waals surface area contributed by atoms with Crippen LogP contribution >= 0.6 is 11.3 Å². The molecule has 4 rings (SSSR count). The SMILES string of the molecule is Cc1nc(-c2ccccc2)n(Cc2csc(-c3ccccc3)n2)n1. The van der Waals surface area contributed by atoms with Crippen LogP contribution in [0.15, 0.2) is 66.0 Å². The van der Waals surface area contributed by atoms with Crippen LogP contribution in [0.5, 0.6) is 0 Å². The molecule has 2 aromatic carbocycles. The number of hydrogen-bond acceptors (Lipinski definition) is 4. The summed E-state index contributed by atoms with van der Waals surface area (Å²) in [4.78, 5) is 9.32. The lowest BCUT2D eigenvalue weighted by atomic mass is 10.2. The van der Waals surface area contributed by atoms with Crippen molar-refractivity contribution in [3.63, 3.8) is 0 Å².